The largest absolute Gasteiger partial charge is 0.497 e. The molecule has 0 spiro atoms. The molecule has 0 saturated carbocycles. The van der Waals surface area contributed by atoms with Gasteiger partial charge in [0.1, 0.15) is 11.4 Å². The van der Waals surface area contributed by atoms with Crippen LogP contribution in [0.2, 0.25) is 0 Å². The van der Waals surface area contributed by atoms with Gasteiger partial charge in [0.2, 0.25) is 0 Å². The number of esters is 1. The minimum absolute atomic E-state index is 0.0210. The number of aromatic nitrogens is 7. The SMILES string of the molecule is CCCc1nc2nnc3c(CC(=O)OC)nn(-c4ccc(OC)cc4)c3n2n1. The van der Waals surface area contributed by atoms with Gasteiger partial charge in [0.15, 0.2) is 17.0 Å². The van der Waals surface area contributed by atoms with E-state index in [-0.39, 0.29) is 6.42 Å². The molecule has 4 aromatic rings. The molecule has 0 N–H and O–H groups in total. The Bertz CT molecular complexity index is 1150. The first-order chi connectivity index (χ1) is 13.6. The molecule has 0 atom stereocenters. The third-order valence-corrected chi connectivity index (χ3v) is 4.31. The molecule has 0 saturated heterocycles. The number of rotatable bonds is 6. The quantitative estimate of drug-likeness (QED) is 0.463. The Morgan fingerprint density at radius 2 is 1.89 bits per heavy atom. The fraction of sp³-hybridized carbons (Fsp3) is 0.333. The predicted octanol–water partition coefficient (Wildman–Crippen LogP) is 1.53. The molecule has 0 fully saturated rings. The van der Waals surface area contributed by atoms with Crippen molar-refractivity contribution >= 4 is 22.9 Å². The van der Waals surface area contributed by atoms with Crippen molar-refractivity contribution in [2.45, 2.75) is 26.2 Å². The minimum Gasteiger partial charge on any atom is -0.497 e. The summed E-state index contributed by atoms with van der Waals surface area (Å²) in [6.07, 6.45) is 1.63. The van der Waals surface area contributed by atoms with Crippen LogP contribution in [0.4, 0.5) is 0 Å². The Labute approximate surface area is 160 Å². The molecule has 10 nitrogen and oxygen atoms in total. The standard InChI is InChI=1S/C18H19N7O3/c1-4-5-14-19-18-21-20-16-13(10-15(26)28-3)22-24(17(16)25(18)23-14)11-6-8-12(27-2)9-7-11/h6-9H,4-5,10H2,1-3H3. The number of benzene rings is 1. The number of carbonyl (C=O) groups is 1. The molecule has 10 heteroatoms. The average molecular weight is 381 g/mol. The third-order valence-electron chi connectivity index (χ3n) is 4.31. The van der Waals surface area contributed by atoms with E-state index < -0.39 is 5.97 Å². The van der Waals surface area contributed by atoms with E-state index in [9.17, 15) is 4.79 Å². The van der Waals surface area contributed by atoms with Gasteiger partial charge in [-0.3, -0.25) is 4.79 Å². The minimum atomic E-state index is -0.409. The smallest absolute Gasteiger partial charge is 0.311 e. The summed E-state index contributed by atoms with van der Waals surface area (Å²) in [4.78, 5) is 16.3. The molecule has 4 rings (SSSR count). The first kappa shape index (κ1) is 17.8. The molecule has 0 amide bonds. The van der Waals surface area contributed by atoms with Crippen LogP contribution in [0.25, 0.3) is 22.6 Å². The van der Waals surface area contributed by atoms with Crippen molar-refractivity contribution in [3.8, 4) is 11.4 Å². The molecular weight excluding hydrogens is 362 g/mol. The van der Waals surface area contributed by atoms with E-state index in [1.165, 1.54) is 7.11 Å². The van der Waals surface area contributed by atoms with Gasteiger partial charge in [0, 0.05) is 6.42 Å². The molecule has 28 heavy (non-hydrogen) atoms. The maximum absolute atomic E-state index is 11.8. The van der Waals surface area contributed by atoms with Gasteiger partial charge in [0.25, 0.3) is 5.78 Å². The van der Waals surface area contributed by atoms with Gasteiger partial charge in [-0.15, -0.1) is 15.3 Å². The number of aryl methyl sites for hydroxylation is 1. The number of ether oxygens (including phenoxy) is 2. The highest BCUT2D eigenvalue weighted by Crippen LogP contribution is 2.23. The van der Waals surface area contributed by atoms with E-state index >= 15 is 0 Å². The molecule has 0 aliphatic carbocycles. The van der Waals surface area contributed by atoms with Crippen molar-refractivity contribution in [2.24, 2.45) is 0 Å². The highest BCUT2D eigenvalue weighted by molar-refractivity contribution is 5.82. The van der Waals surface area contributed by atoms with Gasteiger partial charge in [-0.25, -0.2) is 4.68 Å². The molecular formula is C18H19N7O3. The first-order valence-corrected chi connectivity index (χ1v) is 8.85. The van der Waals surface area contributed by atoms with Crippen molar-refractivity contribution in [3.05, 3.63) is 35.8 Å². The summed E-state index contributed by atoms with van der Waals surface area (Å²) in [6, 6.07) is 7.39. The lowest BCUT2D eigenvalue weighted by molar-refractivity contribution is -0.139. The van der Waals surface area contributed by atoms with E-state index in [0.29, 0.717) is 28.5 Å². The van der Waals surface area contributed by atoms with Crippen LogP contribution in [0.1, 0.15) is 24.9 Å². The Balaban J connectivity index is 1.96. The third kappa shape index (κ3) is 3.02. The van der Waals surface area contributed by atoms with Gasteiger partial charge in [0.05, 0.1) is 26.3 Å². The predicted molar refractivity (Wildman–Crippen MR) is 99.5 cm³/mol. The Morgan fingerprint density at radius 1 is 1.11 bits per heavy atom. The monoisotopic (exact) mass is 381 g/mol. The lowest BCUT2D eigenvalue weighted by Gasteiger charge is -2.05. The average Bonchev–Trinajstić information content (AvgIpc) is 3.29. The number of hydrogen-bond acceptors (Lipinski definition) is 8. The normalized spacial score (nSPS) is 11.2. The highest BCUT2D eigenvalue weighted by Gasteiger charge is 2.21. The van der Waals surface area contributed by atoms with Gasteiger partial charge in [-0.05, 0) is 30.7 Å². The highest BCUT2D eigenvalue weighted by atomic mass is 16.5. The second kappa shape index (κ2) is 7.22. The Kier molecular flexibility index (Phi) is 4.60. The lowest BCUT2D eigenvalue weighted by atomic mass is 10.3. The number of methoxy groups -OCH3 is 2. The van der Waals surface area contributed by atoms with E-state index in [1.807, 2.05) is 24.3 Å². The molecule has 0 aliphatic heterocycles. The molecule has 0 bridgehead atoms. The van der Waals surface area contributed by atoms with Crippen LogP contribution in [0.3, 0.4) is 0 Å². The zero-order chi connectivity index (χ0) is 19.7. The molecule has 1 aromatic carbocycles. The molecule has 0 unspecified atom stereocenters. The summed E-state index contributed by atoms with van der Waals surface area (Å²) in [5.74, 6) is 1.39. The van der Waals surface area contributed by atoms with E-state index in [4.69, 9.17) is 9.47 Å². The Morgan fingerprint density at radius 3 is 2.57 bits per heavy atom. The van der Waals surface area contributed by atoms with Crippen LogP contribution in [0, 0.1) is 0 Å². The molecule has 0 radical (unpaired) electrons. The molecule has 3 aromatic heterocycles. The number of carbonyl (C=O) groups excluding carboxylic acids is 1. The van der Waals surface area contributed by atoms with E-state index in [0.717, 1.165) is 24.3 Å². The summed E-state index contributed by atoms with van der Waals surface area (Å²) in [6.45, 7) is 2.06. The first-order valence-electron chi connectivity index (χ1n) is 8.85. The maximum atomic E-state index is 11.8. The van der Waals surface area contributed by atoms with Crippen molar-refractivity contribution in [1.82, 2.24) is 34.6 Å². The van der Waals surface area contributed by atoms with Crippen LogP contribution < -0.4 is 4.74 Å². The Hall–Kier alpha value is -3.56. The van der Waals surface area contributed by atoms with Gasteiger partial charge >= 0.3 is 5.97 Å². The van der Waals surface area contributed by atoms with Crippen LogP contribution >= 0.6 is 0 Å². The van der Waals surface area contributed by atoms with Crippen molar-refractivity contribution in [2.75, 3.05) is 14.2 Å². The van der Waals surface area contributed by atoms with Gasteiger partial charge in [-0.2, -0.15) is 14.6 Å². The number of fused-ring (bicyclic) bond motifs is 3. The van der Waals surface area contributed by atoms with Crippen LogP contribution in [-0.2, 0) is 22.4 Å². The van der Waals surface area contributed by atoms with Crippen LogP contribution in [0.5, 0.6) is 5.75 Å². The molecule has 3 heterocycles. The second-order valence-corrected chi connectivity index (χ2v) is 6.17. The van der Waals surface area contributed by atoms with Crippen molar-refractivity contribution in [1.29, 1.82) is 0 Å². The van der Waals surface area contributed by atoms with E-state index in [2.05, 4.69) is 32.3 Å². The fourth-order valence-electron chi connectivity index (χ4n) is 2.95. The van der Waals surface area contributed by atoms with Gasteiger partial charge in [-0.1, -0.05) is 6.92 Å². The van der Waals surface area contributed by atoms with Crippen molar-refractivity contribution < 1.29 is 14.3 Å². The number of nitrogens with zero attached hydrogens (tertiary/aromatic N) is 7. The summed E-state index contributed by atoms with van der Waals surface area (Å²) in [5.41, 5.74) is 2.29. The van der Waals surface area contributed by atoms with Crippen LogP contribution in [0.15, 0.2) is 24.3 Å². The van der Waals surface area contributed by atoms with Crippen LogP contribution in [-0.4, -0.2) is 54.8 Å². The zero-order valence-electron chi connectivity index (χ0n) is 15.8. The maximum Gasteiger partial charge on any atom is 0.311 e. The van der Waals surface area contributed by atoms with E-state index in [1.54, 1.807) is 16.3 Å². The molecule has 144 valence electrons. The molecule has 0 aliphatic rings. The summed E-state index contributed by atoms with van der Waals surface area (Å²) in [7, 11) is 2.94. The summed E-state index contributed by atoms with van der Waals surface area (Å²) < 4.78 is 13.3. The van der Waals surface area contributed by atoms with Crippen molar-refractivity contribution in [3.63, 3.8) is 0 Å². The fourth-order valence-corrected chi connectivity index (χ4v) is 2.95. The summed E-state index contributed by atoms with van der Waals surface area (Å²) >= 11 is 0. The summed E-state index contributed by atoms with van der Waals surface area (Å²) in [5, 5.41) is 17.6. The number of hydrogen-bond donors (Lipinski definition) is 0. The zero-order valence-corrected chi connectivity index (χ0v) is 15.8. The van der Waals surface area contributed by atoms with Gasteiger partial charge < -0.3 is 9.47 Å². The second-order valence-electron chi connectivity index (χ2n) is 6.17. The lowest BCUT2D eigenvalue weighted by Crippen LogP contribution is -2.06. The topological polar surface area (TPSA) is 109 Å².